The Kier molecular flexibility index (Phi) is 3.28. The minimum Gasteiger partial charge on any atom is -0.320 e. The Bertz CT molecular complexity index is 1130. The summed E-state index contributed by atoms with van der Waals surface area (Å²) in [5.41, 5.74) is 0.963. The van der Waals surface area contributed by atoms with E-state index in [1.165, 1.54) is 4.52 Å². The zero-order chi connectivity index (χ0) is 16.7. The van der Waals surface area contributed by atoms with Crippen molar-refractivity contribution in [2.75, 3.05) is 5.32 Å². The van der Waals surface area contributed by atoms with Crippen molar-refractivity contribution < 1.29 is 4.79 Å². The monoisotopic (exact) mass is 339 g/mol. The van der Waals surface area contributed by atoms with E-state index in [1.807, 2.05) is 0 Å². The molecule has 2 heterocycles. The second-order valence-electron chi connectivity index (χ2n) is 5.11. The number of rotatable bonds is 2. The molecule has 4 rings (SSSR count). The van der Waals surface area contributed by atoms with Crippen molar-refractivity contribution >= 4 is 39.7 Å². The van der Waals surface area contributed by atoms with Crippen LogP contribution in [0, 0.1) is 0 Å². The number of hydrogen-bond acceptors (Lipinski definition) is 4. The third kappa shape index (κ3) is 2.31. The van der Waals surface area contributed by atoms with Gasteiger partial charge >= 0.3 is 0 Å². The quantitative estimate of drug-likeness (QED) is 0.587. The Morgan fingerprint density at radius 3 is 2.67 bits per heavy atom. The molecular formula is C16H10ClN5O2. The number of benzene rings is 2. The maximum absolute atomic E-state index is 12.4. The van der Waals surface area contributed by atoms with Gasteiger partial charge in [-0.1, -0.05) is 23.7 Å². The molecule has 8 heteroatoms. The van der Waals surface area contributed by atoms with Gasteiger partial charge in [0.25, 0.3) is 11.5 Å². The number of carbonyl (C=O) groups is 1. The Morgan fingerprint density at radius 2 is 1.88 bits per heavy atom. The molecule has 0 unspecified atom stereocenters. The van der Waals surface area contributed by atoms with E-state index in [-0.39, 0.29) is 11.3 Å². The van der Waals surface area contributed by atoms with Crippen LogP contribution in [0.25, 0.3) is 16.6 Å². The van der Waals surface area contributed by atoms with E-state index in [4.69, 9.17) is 11.6 Å². The molecule has 0 aliphatic rings. The van der Waals surface area contributed by atoms with E-state index in [2.05, 4.69) is 20.6 Å². The number of H-pyrrole nitrogens is 1. The fraction of sp³-hybridized carbons (Fsp3) is 0. The molecular weight excluding hydrogens is 330 g/mol. The first kappa shape index (κ1) is 14.4. The molecule has 0 bridgehead atoms. The lowest BCUT2D eigenvalue weighted by Crippen LogP contribution is -2.15. The number of aromatic nitrogens is 4. The summed E-state index contributed by atoms with van der Waals surface area (Å²) in [7, 11) is 0. The smallest absolute Gasteiger partial charge is 0.281 e. The third-order valence-electron chi connectivity index (χ3n) is 3.59. The molecule has 118 valence electrons. The number of nitrogens with zero attached hydrogens (tertiary/aromatic N) is 3. The minimum atomic E-state index is -0.474. The second-order valence-corrected chi connectivity index (χ2v) is 5.55. The van der Waals surface area contributed by atoms with Crippen LogP contribution in [0.2, 0.25) is 5.02 Å². The van der Waals surface area contributed by atoms with E-state index in [0.717, 1.165) is 0 Å². The van der Waals surface area contributed by atoms with Crippen LogP contribution < -0.4 is 10.9 Å². The molecule has 0 aliphatic carbocycles. The summed E-state index contributed by atoms with van der Waals surface area (Å²) < 4.78 is 1.51. The lowest BCUT2D eigenvalue weighted by Gasteiger charge is -2.03. The van der Waals surface area contributed by atoms with Gasteiger partial charge in [0, 0.05) is 10.7 Å². The van der Waals surface area contributed by atoms with Crippen molar-refractivity contribution in [1.82, 2.24) is 19.8 Å². The Labute approximate surface area is 139 Å². The fourth-order valence-electron chi connectivity index (χ4n) is 2.46. The SMILES string of the molecule is O=C(Nc1ccc(Cl)cc1)c1n[nH]n2c1nc(=O)c1ccccc12. The first-order valence-corrected chi connectivity index (χ1v) is 7.44. The number of hydrogen-bond donors (Lipinski definition) is 2. The predicted octanol–water partition coefficient (Wildman–Crippen LogP) is 2.48. The van der Waals surface area contributed by atoms with Gasteiger partial charge in [-0.15, -0.1) is 5.10 Å². The third-order valence-corrected chi connectivity index (χ3v) is 3.84. The Balaban J connectivity index is 1.81. The van der Waals surface area contributed by atoms with Crippen molar-refractivity contribution in [1.29, 1.82) is 0 Å². The lowest BCUT2D eigenvalue weighted by molar-refractivity contribution is 0.102. The van der Waals surface area contributed by atoms with Crippen LogP contribution in [0.5, 0.6) is 0 Å². The van der Waals surface area contributed by atoms with Gasteiger partial charge in [-0.2, -0.15) is 4.98 Å². The molecule has 0 radical (unpaired) electrons. The number of fused-ring (bicyclic) bond motifs is 3. The molecule has 0 spiro atoms. The molecule has 0 fully saturated rings. The molecule has 0 saturated carbocycles. The van der Waals surface area contributed by atoms with Crippen LogP contribution in [0.4, 0.5) is 5.69 Å². The molecule has 0 aliphatic heterocycles. The number of carbonyl (C=O) groups excluding carboxylic acids is 1. The van der Waals surface area contributed by atoms with Gasteiger partial charge in [-0.05, 0) is 36.4 Å². The molecule has 2 N–H and O–H groups in total. The van der Waals surface area contributed by atoms with E-state index < -0.39 is 11.5 Å². The summed E-state index contributed by atoms with van der Waals surface area (Å²) in [5, 5.41) is 10.4. The van der Waals surface area contributed by atoms with Crippen molar-refractivity contribution in [2.24, 2.45) is 0 Å². The topological polar surface area (TPSA) is 92.2 Å². The van der Waals surface area contributed by atoms with Crippen LogP contribution in [0.3, 0.4) is 0 Å². The van der Waals surface area contributed by atoms with Gasteiger partial charge in [0.2, 0.25) is 0 Å². The van der Waals surface area contributed by atoms with Crippen LogP contribution in [-0.4, -0.2) is 25.7 Å². The first-order valence-electron chi connectivity index (χ1n) is 7.06. The summed E-state index contributed by atoms with van der Waals surface area (Å²) in [4.78, 5) is 28.6. The van der Waals surface area contributed by atoms with Gasteiger partial charge in [0.05, 0.1) is 10.9 Å². The predicted molar refractivity (Wildman–Crippen MR) is 90.5 cm³/mol. The summed E-state index contributed by atoms with van der Waals surface area (Å²) >= 11 is 5.82. The average Bonchev–Trinajstić information content (AvgIpc) is 3.01. The maximum Gasteiger partial charge on any atom is 0.281 e. The molecule has 0 atom stereocenters. The largest absolute Gasteiger partial charge is 0.320 e. The van der Waals surface area contributed by atoms with E-state index >= 15 is 0 Å². The van der Waals surface area contributed by atoms with E-state index in [1.54, 1.807) is 48.5 Å². The van der Waals surface area contributed by atoms with Crippen LogP contribution in [0.15, 0.2) is 53.3 Å². The normalized spacial score (nSPS) is 11.0. The number of amides is 1. The number of nitrogens with one attached hydrogen (secondary N) is 2. The minimum absolute atomic E-state index is 0.0350. The van der Waals surface area contributed by atoms with Gasteiger partial charge in [-0.3, -0.25) is 9.59 Å². The fourth-order valence-corrected chi connectivity index (χ4v) is 2.58. The van der Waals surface area contributed by atoms with Crippen molar-refractivity contribution in [3.63, 3.8) is 0 Å². The van der Waals surface area contributed by atoms with Crippen molar-refractivity contribution in [3.8, 4) is 0 Å². The highest BCUT2D eigenvalue weighted by atomic mass is 35.5. The summed E-state index contributed by atoms with van der Waals surface area (Å²) in [5.74, 6) is -0.474. The molecule has 24 heavy (non-hydrogen) atoms. The van der Waals surface area contributed by atoms with Gasteiger partial charge in [0.15, 0.2) is 11.3 Å². The highest BCUT2D eigenvalue weighted by Crippen LogP contribution is 2.16. The number of para-hydroxylation sites is 1. The summed E-state index contributed by atoms with van der Waals surface area (Å²) in [6.07, 6.45) is 0. The van der Waals surface area contributed by atoms with E-state index in [9.17, 15) is 9.59 Å². The molecule has 4 aromatic rings. The molecule has 7 nitrogen and oxygen atoms in total. The zero-order valence-corrected chi connectivity index (χ0v) is 12.9. The molecule has 0 saturated heterocycles. The molecule has 2 aromatic carbocycles. The van der Waals surface area contributed by atoms with Crippen molar-refractivity contribution in [2.45, 2.75) is 0 Å². The number of aromatic amines is 1. The first-order chi connectivity index (χ1) is 11.6. The van der Waals surface area contributed by atoms with Crippen LogP contribution >= 0.6 is 11.6 Å². The maximum atomic E-state index is 12.4. The average molecular weight is 340 g/mol. The Hall–Kier alpha value is -3.19. The lowest BCUT2D eigenvalue weighted by atomic mass is 10.2. The Morgan fingerprint density at radius 1 is 1.12 bits per heavy atom. The second kappa shape index (κ2) is 5.47. The highest BCUT2D eigenvalue weighted by molar-refractivity contribution is 6.30. The van der Waals surface area contributed by atoms with E-state index in [0.29, 0.717) is 21.6 Å². The molecule has 1 amide bonds. The highest BCUT2D eigenvalue weighted by Gasteiger charge is 2.18. The summed E-state index contributed by atoms with van der Waals surface area (Å²) in [6.45, 7) is 0. The van der Waals surface area contributed by atoms with Gasteiger partial charge in [0.1, 0.15) is 0 Å². The standard InChI is InChI=1S/C16H10ClN5O2/c17-9-5-7-10(8-6-9)18-16(24)13-14-19-15(23)11-3-1-2-4-12(11)22(14)21-20-13/h1-8,21H,(H,18,24). The number of anilines is 1. The van der Waals surface area contributed by atoms with Gasteiger partial charge in [-0.25, -0.2) is 9.73 Å². The molecule has 2 aromatic heterocycles. The van der Waals surface area contributed by atoms with Gasteiger partial charge < -0.3 is 5.32 Å². The number of halogens is 1. The van der Waals surface area contributed by atoms with Crippen LogP contribution in [0.1, 0.15) is 10.5 Å². The zero-order valence-electron chi connectivity index (χ0n) is 12.2. The summed E-state index contributed by atoms with van der Waals surface area (Å²) in [6, 6.07) is 13.6. The van der Waals surface area contributed by atoms with Crippen LogP contribution in [-0.2, 0) is 0 Å². The van der Waals surface area contributed by atoms with Crippen molar-refractivity contribution in [3.05, 3.63) is 69.6 Å².